The van der Waals surface area contributed by atoms with E-state index in [1.807, 2.05) is 38.1 Å². The summed E-state index contributed by atoms with van der Waals surface area (Å²) >= 11 is 0. The first-order valence-electron chi connectivity index (χ1n) is 11.9. The van der Waals surface area contributed by atoms with E-state index in [9.17, 15) is 22.4 Å². The Balaban J connectivity index is 2.14. The highest BCUT2D eigenvalue weighted by atomic mass is 32.2. The Morgan fingerprint density at radius 3 is 2.31 bits per heavy atom. The smallest absolute Gasteiger partial charge is 0.242 e. The lowest BCUT2D eigenvalue weighted by Gasteiger charge is -2.29. The number of halogens is 1. The molecule has 2 aromatic rings. The quantitative estimate of drug-likeness (QED) is 0.417. The normalized spacial score (nSPS) is 12.1. The lowest BCUT2D eigenvalue weighted by Crippen LogP contribution is -2.48. The van der Waals surface area contributed by atoms with E-state index in [2.05, 4.69) is 5.32 Å². The lowest BCUT2D eigenvalue weighted by atomic mass is 10.1. The summed E-state index contributed by atoms with van der Waals surface area (Å²) in [5.41, 5.74) is 1.93. The molecule has 0 aliphatic carbocycles. The molecular formula is C26H36FN3O4S. The van der Waals surface area contributed by atoms with Gasteiger partial charge in [0.1, 0.15) is 11.9 Å². The second-order valence-electron chi connectivity index (χ2n) is 8.72. The Morgan fingerprint density at radius 1 is 1.06 bits per heavy atom. The zero-order valence-corrected chi connectivity index (χ0v) is 21.8. The Labute approximate surface area is 208 Å². The summed E-state index contributed by atoms with van der Waals surface area (Å²) in [6.07, 6.45) is 2.99. The Hall–Kier alpha value is -2.94. The highest BCUT2D eigenvalue weighted by Crippen LogP contribution is 2.22. The molecule has 1 N–H and O–H groups in total. The van der Waals surface area contributed by atoms with E-state index in [-0.39, 0.29) is 43.4 Å². The number of unbranched alkanes of at least 4 members (excludes halogenated alkanes) is 1. The van der Waals surface area contributed by atoms with Crippen molar-refractivity contribution in [2.24, 2.45) is 0 Å². The maximum absolute atomic E-state index is 14.3. The van der Waals surface area contributed by atoms with E-state index >= 15 is 0 Å². The summed E-state index contributed by atoms with van der Waals surface area (Å²) in [5, 5.41) is 2.87. The van der Waals surface area contributed by atoms with Gasteiger partial charge in [-0.2, -0.15) is 0 Å². The average molecular weight is 506 g/mol. The molecule has 0 saturated carbocycles. The van der Waals surface area contributed by atoms with Gasteiger partial charge in [-0.25, -0.2) is 12.8 Å². The number of para-hydroxylation sites is 1. The van der Waals surface area contributed by atoms with Crippen LogP contribution in [0, 0.1) is 12.7 Å². The fraction of sp³-hybridized carbons (Fsp3) is 0.462. The van der Waals surface area contributed by atoms with Crippen LogP contribution in [0.4, 0.5) is 10.1 Å². The number of nitrogens with zero attached hydrogens (tertiary/aromatic N) is 2. The number of anilines is 1. The van der Waals surface area contributed by atoms with E-state index in [4.69, 9.17) is 0 Å². The number of hydrogen-bond acceptors (Lipinski definition) is 4. The second kappa shape index (κ2) is 13.2. The van der Waals surface area contributed by atoms with Gasteiger partial charge < -0.3 is 10.2 Å². The fourth-order valence-electron chi connectivity index (χ4n) is 3.65. The van der Waals surface area contributed by atoms with Gasteiger partial charge in [0.15, 0.2) is 0 Å². The summed E-state index contributed by atoms with van der Waals surface area (Å²) in [6, 6.07) is 12.7. The third-order valence-corrected chi connectivity index (χ3v) is 6.92. The van der Waals surface area contributed by atoms with Crippen LogP contribution in [0.1, 0.15) is 50.7 Å². The van der Waals surface area contributed by atoms with Crippen LogP contribution >= 0.6 is 0 Å². The van der Waals surface area contributed by atoms with Crippen molar-refractivity contribution in [1.29, 1.82) is 0 Å². The Kier molecular flexibility index (Phi) is 10.7. The standard InChI is InChI=1S/C26H36FN3O4S/c1-5-6-17-28-26(32)21(3)29(19-22-15-13-20(2)14-16-22)25(31)12-9-18-30(35(4,33)34)24-11-8-7-10-23(24)27/h7-8,10-11,13-16,21H,5-6,9,12,17-19H2,1-4H3,(H,28,32)/t21-/m0/s1. The molecule has 0 heterocycles. The van der Waals surface area contributed by atoms with Crippen molar-refractivity contribution in [1.82, 2.24) is 10.2 Å². The summed E-state index contributed by atoms with van der Waals surface area (Å²) in [7, 11) is -3.75. The van der Waals surface area contributed by atoms with E-state index in [0.717, 1.165) is 34.5 Å². The summed E-state index contributed by atoms with van der Waals surface area (Å²) in [4.78, 5) is 27.5. The number of rotatable bonds is 13. The molecule has 35 heavy (non-hydrogen) atoms. The molecule has 7 nitrogen and oxygen atoms in total. The molecule has 0 saturated heterocycles. The third kappa shape index (κ3) is 8.65. The predicted octanol–water partition coefficient (Wildman–Crippen LogP) is 4.01. The van der Waals surface area contributed by atoms with Crippen molar-refractivity contribution < 1.29 is 22.4 Å². The molecular weight excluding hydrogens is 469 g/mol. The van der Waals surface area contributed by atoms with Gasteiger partial charge in [0, 0.05) is 26.1 Å². The molecule has 0 aliphatic heterocycles. The van der Waals surface area contributed by atoms with Crippen molar-refractivity contribution >= 4 is 27.5 Å². The number of sulfonamides is 1. The maximum Gasteiger partial charge on any atom is 0.242 e. The first-order chi connectivity index (χ1) is 16.5. The van der Waals surface area contributed by atoms with Crippen LogP contribution in [0.3, 0.4) is 0 Å². The lowest BCUT2D eigenvalue weighted by molar-refractivity contribution is -0.140. The van der Waals surface area contributed by atoms with Gasteiger partial charge in [-0.15, -0.1) is 0 Å². The first-order valence-corrected chi connectivity index (χ1v) is 13.7. The number of amides is 2. The second-order valence-corrected chi connectivity index (χ2v) is 10.6. The molecule has 9 heteroatoms. The summed E-state index contributed by atoms with van der Waals surface area (Å²) < 4.78 is 39.8. The number of hydrogen-bond donors (Lipinski definition) is 1. The van der Waals surface area contributed by atoms with Crippen LogP contribution in [-0.2, 0) is 26.2 Å². The Morgan fingerprint density at radius 2 is 1.71 bits per heavy atom. The van der Waals surface area contributed by atoms with E-state index in [1.165, 1.54) is 23.1 Å². The van der Waals surface area contributed by atoms with Gasteiger partial charge in [-0.3, -0.25) is 13.9 Å². The van der Waals surface area contributed by atoms with E-state index < -0.39 is 21.9 Å². The van der Waals surface area contributed by atoms with Gasteiger partial charge in [0.25, 0.3) is 0 Å². The van der Waals surface area contributed by atoms with E-state index in [1.54, 1.807) is 13.0 Å². The summed E-state index contributed by atoms with van der Waals surface area (Å²) in [6.45, 7) is 6.43. The maximum atomic E-state index is 14.3. The number of carbonyl (C=O) groups is 2. The van der Waals surface area contributed by atoms with Crippen LogP contribution in [0.15, 0.2) is 48.5 Å². The number of aryl methyl sites for hydroxylation is 1. The van der Waals surface area contributed by atoms with Crippen molar-refractivity contribution in [3.63, 3.8) is 0 Å². The number of benzene rings is 2. The zero-order chi connectivity index (χ0) is 26.0. The largest absolute Gasteiger partial charge is 0.354 e. The molecule has 1 atom stereocenters. The van der Waals surface area contributed by atoms with Crippen molar-refractivity contribution in [3.8, 4) is 0 Å². The minimum atomic E-state index is -3.75. The van der Waals surface area contributed by atoms with Gasteiger partial charge in [0.2, 0.25) is 21.8 Å². The van der Waals surface area contributed by atoms with E-state index in [0.29, 0.717) is 6.54 Å². The molecule has 2 aromatic carbocycles. The molecule has 0 radical (unpaired) electrons. The van der Waals surface area contributed by atoms with Gasteiger partial charge in [-0.1, -0.05) is 55.3 Å². The van der Waals surface area contributed by atoms with Gasteiger partial charge in [-0.05, 0) is 44.4 Å². The minimum absolute atomic E-state index is 0.0128. The number of nitrogens with one attached hydrogen (secondary N) is 1. The Bertz CT molecular complexity index is 1090. The van der Waals surface area contributed by atoms with Gasteiger partial charge in [0.05, 0.1) is 11.9 Å². The average Bonchev–Trinajstić information content (AvgIpc) is 2.81. The molecule has 192 valence electrons. The van der Waals surface area contributed by atoms with Crippen molar-refractivity contribution in [2.75, 3.05) is 23.7 Å². The highest BCUT2D eigenvalue weighted by molar-refractivity contribution is 7.92. The van der Waals surface area contributed by atoms with Crippen molar-refractivity contribution in [2.45, 2.75) is 59.0 Å². The number of carbonyl (C=O) groups excluding carboxylic acids is 2. The molecule has 2 rings (SSSR count). The molecule has 0 unspecified atom stereocenters. The molecule has 0 bridgehead atoms. The minimum Gasteiger partial charge on any atom is -0.354 e. The van der Waals surface area contributed by atoms with Crippen molar-refractivity contribution in [3.05, 3.63) is 65.5 Å². The molecule has 2 amide bonds. The predicted molar refractivity (Wildman–Crippen MR) is 137 cm³/mol. The highest BCUT2D eigenvalue weighted by Gasteiger charge is 2.27. The van der Waals surface area contributed by atoms with Crippen LogP contribution in [0.25, 0.3) is 0 Å². The van der Waals surface area contributed by atoms with Gasteiger partial charge >= 0.3 is 0 Å². The molecule has 0 fully saturated rings. The zero-order valence-electron chi connectivity index (χ0n) is 21.0. The summed E-state index contributed by atoms with van der Waals surface area (Å²) in [5.74, 6) is -1.16. The molecule has 0 spiro atoms. The van der Waals surface area contributed by atoms with Crippen LogP contribution in [0.2, 0.25) is 0 Å². The van der Waals surface area contributed by atoms with Crippen LogP contribution in [0.5, 0.6) is 0 Å². The van der Waals surface area contributed by atoms with Crippen LogP contribution < -0.4 is 9.62 Å². The van der Waals surface area contributed by atoms with Crippen LogP contribution in [-0.4, -0.2) is 50.5 Å². The monoisotopic (exact) mass is 505 g/mol. The first kappa shape index (κ1) is 28.3. The fourth-order valence-corrected chi connectivity index (χ4v) is 4.61. The SMILES string of the molecule is CCCCNC(=O)[C@H](C)N(Cc1ccc(C)cc1)C(=O)CCCN(c1ccccc1F)S(C)(=O)=O. The topological polar surface area (TPSA) is 86.8 Å². The third-order valence-electron chi connectivity index (χ3n) is 5.74. The molecule has 0 aromatic heterocycles. The molecule has 0 aliphatic rings.